The predicted molar refractivity (Wildman–Crippen MR) is 78.1 cm³/mol. The van der Waals surface area contributed by atoms with Crippen molar-refractivity contribution in [3.8, 4) is 0 Å². The molecule has 1 aromatic carbocycles. The van der Waals surface area contributed by atoms with E-state index in [-0.39, 0.29) is 6.04 Å². The van der Waals surface area contributed by atoms with E-state index in [0.717, 1.165) is 17.9 Å². The molecule has 2 aromatic rings. The van der Waals surface area contributed by atoms with Crippen LogP contribution >= 0.6 is 0 Å². The first-order valence-electron chi connectivity index (χ1n) is 6.80. The quantitative estimate of drug-likeness (QED) is 0.892. The average Bonchev–Trinajstić information content (AvgIpc) is 2.42. The van der Waals surface area contributed by atoms with Crippen LogP contribution in [0.5, 0.6) is 0 Å². The molecule has 1 unspecified atom stereocenters. The summed E-state index contributed by atoms with van der Waals surface area (Å²) in [5.74, 6) is 0.806. The summed E-state index contributed by atoms with van der Waals surface area (Å²) < 4.78 is 0. The van der Waals surface area contributed by atoms with Crippen LogP contribution in [0.1, 0.15) is 42.0 Å². The standard InChI is InChI=1S/C16H21N3/c1-4-5-13-6-8-14(9-7-13)16(17-3)15-10-11-18-12(2)19-15/h6-11,16-17H,4-5H2,1-3H3. The summed E-state index contributed by atoms with van der Waals surface area (Å²) in [6.07, 6.45) is 4.13. The minimum Gasteiger partial charge on any atom is -0.308 e. The second-order valence-electron chi connectivity index (χ2n) is 4.74. The average molecular weight is 255 g/mol. The molecule has 1 aromatic heterocycles. The predicted octanol–water partition coefficient (Wildman–Crippen LogP) is 3.05. The van der Waals surface area contributed by atoms with Gasteiger partial charge in [0.25, 0.3) is 0 Å². The van der Waals surface area contributed by atoms with Gasteiger partial charge in [0.15, 0.2) is 0 Å². The Morgan fingerprint density at radius 2 is 1.89 bits per heavy atom. The van der Waals surface area contributed by atoms with Crippen molar-refractivity contribution < 1.29 is 0 Å². The highest BCUT2D eigenvalue weighted by molar-refractivity contribution is 5.30. The molecular weight excluding hydrogens is 234 g/mol. The smallest absolute Gasteiger partial charge is 0.125 e. The number of aromatic nitrogens is 2. The minimum atomic E-state index is 0.123. The van der Waals surface area contributed by atoms with Crippen LogP contribution in [-0.4, -0.2) is 17.0 Å². The molecule has 0 bridgehead atoms. The first-order chi connectivity index (χ1) is 9.24. The SMILES string of the molecule is CCCc1ccc(C(NC)c2ccnc(C)n2)cc1. The van der Waals surface area contributed by atoms with Gasteiger partial charge in [0.2, 0.25) is 0 Å². The number of benzene rings is 1. The van der Waals surface area contributed by atoms with Gasteiger partial charge >= 0.3 is 0 Å². The fourth-order valence-electron chi connectivity index (χ4n) is 2.29. The molecule has 2 rings (SSSR count). The molecule has 0 saturated heterocycles. The highest BCUT2D eigenvalue weighted by atomic mass is 14.9. The Bertz CT molecular complexity index is 520. The molecule has 0 saturated carbocycles. The molecule has 0 aliphatic carbocycles. The molecule has 0 spiro atoms. The van der Waals surface area contributed by atoms with E-state index in [9.17, 15) is 0 Å². The largest absolute Gasteiger partial charge is 0.308 e. The molecule has 19 heavy (non-hydrogen) atoms. The maximum atomic E-state index is 4.51. The summed E-state index contributed by atoms with van der Waals surface area (Å²) in [7, 11) is 1.96. The monoisotopic (exact) mass is 255 g/mol. The molecule has 0 amide bonds. The Balaban J connectivity index is 2.26. The van der Waals surface area contributed by atoms with Gasteiger partial charge in [-0.25, -0.2) is 9.97 Å². The molecule has 0 fully saturated rings. The zero-order chi connectivity index (χ0) is 13.7. The van der Waals surface area contributed by atoms with Crippen LogP contribution in [0, 0.1) is 6.92 Å². The van der Waals surface area contributed by atoms with Crippen LogP contribution < -0.4 is 5.32 Å². The highest BCUT2D eigenvalue weighted by Gasteiger charge is 2.13. The molecule has 100 valence electrons. The fourth-order valence-corrected chi connectivity index (χ4v) is 2.29. The van der Waals surface area contributed by atoms with E-state index in [1.165, 1.54) is 17.5 Å². The summed E-state index contributed by atoms with van der Waals surface area (Å²) in [4.78, 5) is 8.66. The van der Waals surface area contributed by atoms with Crippen molar-refractivity contribution in [1.82, 2.24) is 15.3 Å². The molecule has 1 heterocycles. The molecule has 0 aliphatic rings. The number of rotatable bonds is 5. The van der Waals surface area contributed by atoms with Gasteiger partial charge in [-0.2, -0.15) is 0 Å². The van der Waals surface area contributed by atoms with E-state index < -0.39 is 0 Å². The van der Waals surface area contributed by atoms with Crippen molar-refractivity contribution in [3.63, 3.8) is 0 Å². The summed E-state index contributed by atoms with van der Waals surface area (Å²) >= 11 is 0. The van der Waals surface area contributed by atoms with Crippen molar-refractivity contribution in [1.29, 1.82) is 0 Å². The van der Waals surface area contributed by atoms with Crippen LogP contribution in [0.15, 0.2) is 36.5 Å². The van der Waals surface area contributed by atoms with Gasteiger partial charge in [-0.1, -0.05) is 37.6 Å². The van der Waals surface area contributed by atoms with Crippen molar-refractivity contribution in [2.45, 2.75) is 32.7 Å². The van der Waals surface area contributed by atoms with Crippen LogP contribution in [0.25, 0.3) is 0 Å². The van der Waals surface area contributed by atoms with Gasteiger partial charge in [-0.3, -0.25) is 0 Å². The normalized spacial score (nSPS) is 12.4. The molecule has 0 radical (unpaired) electrons. The first kappa shape index (κ1) is 13.7. The van der Waals surface area contributed by atoms with Crippen LogP contribution in [-0.2, 0) is 6.42 Å². The minimum absolute atomic E-state index is 0.123. The topological polar surface area (TPSA) is 37.8 Å². The highest BCUT2D eigenvalue weighted by Crippen LogP contribution is 2.20. The van der Waals surface area contributed by atoms with Gasteiger partial charge < -0.3 is 5.32 Å². The van der Waals surface area contributed by atoms with Crippen molar-refractivity contribution >= 4 is 0 Å². The van der Waals surface area contributed by atoms with Crippen LogP contribution in [0.4, 0.5) is 0 Å². The molecule has 1 atom stereocenters. The third kappa shape index (κ3) is 3.38. The lowest BCUT2D eigenvalue weighted by Crippen LogP contribution is -2.19. The summed E-state index contributed by atoms with van der Waals surface area (Å²) in [5, 5.41) is 3.32. The Morgan fingerprint density at radius 1 is 1.16 bits per heavy atom. The fraction of sp³-hybridized carbons (Fsp3) is 0.375. The summed E-state index contributed by atoms with van der Waals surface area (Å²) in [5.41, 5.74) is 3.64. The van der Waals surface area contributed by atoms with Crippen LogP contribution in [0.2, 0.25) is 0 Å². The van der Waals surface area contributed by atoms with E-state index >= 15 is 0 Å². The van der Waals surface area contributed by atoms with E-state index in [2.05, 4.69) is 46.5 Å². The summed E-state index contributed by atoms with van der Waals surface area (Å²) in [6.45, 7) is 4.12. The molecule has 0 aliphatic heterocycles. The van der Waals surface area contributed by atoms with Crippen molar-refractivity contribution in [2.75, 3.05) is 7.05 Å². The number of aryl methyl sites for hydroxylation is 2. The molecule has 3 heteroatoms. The number of hydrogen-bond acceptors (Lipinski definition) is 3. The van der Waals surface area contributed by atoms with Gasteiger partial charge in [-0.05, 0) is 37.6 Å². The lowest BCUT2D eigenvalue weighted by atomic mass is 10.0. The van der Waals surface area contributed by atoms with Crippen molar-refractivity contribution in [2.24, 2.45) is 0 Å². The Labute approximate surface area is 115 Å². The third-order valence-electron chi connectivity index (χ3n) is 3.23. The van der Waals surface area contributed by atoms with E-state index in [4.69, 9.17) is 0 Å². The van der Waals surface area contributed by atoms with E-state index in [1.54, 1.807) is 0 Å². The number of nitrogens with zero attached hydrogens (tertiary/aromatic N) is 2. The van der Waals surface area contributed by atoms with Gasteiger partial charge in [-0.15, -0.1) is 0 Å². The van der Waals surface area contributed by atoms with Crippen LogP contribution in [0.3, 0.4) is 0 Å². The molecule has 1 N–H and O–H groups in total. The second-order valence-corrected chi connectivity index (χ2v) is 4.74. The van der Waals surface area contributed by atoms with Crippen molar-refractivity contribution in [3.05, 3.63) is 59.2 Å². The third-order valence-corrected chi connectivity index (χ3v) is 3.23. The lowest BCUT2D eigenvalue weighted by Gasteiger charge is -2.16. The van der Waals surface area contributed by atoms with Gasteiger partial charge in [0.1, 0.15) is 5.82 Å². The lowest BCUT2D eigenvalue weighted by molar-refractivity contribution is 0.664. The molecular formula is C16H21N3. The zero-order valence-electron chi connectivity index (χ0n) is 11.9. The Kier molecular flexibility index (Phi) is 4.63. The maximum Gasteiger partial charge on any atom is 0.125 e. The molecule has 3 nitrogen and oxygen atoms in total. The van der Waals surface area contributed by atoms with Gasteiger partial charge in [0, 0.05) is 6.20 Å². The maximum absolute atomic E-state index is 4.51. The Morgan fingerprint density at radius 3 is 2.47 bits per heavy atom. The zero-order valence-corrected chi connectivity index (χ0v) is 11.9. The Hall–Kier alpha value is -1.74. The second kappa shape index (κ2) is 6.43. The van der Waals surface area contributed by atoms with Gasteiger partial charge in [0.05, 0.1) is 11.7 Å². The number of nitrogens with one attached hydrogen (secondary N) is 1. The van der Waals surface area contributed by atoms with E-state index in [0.29, 0.717) is 0 Å². The first-order valence-corrected chi connectivity index (χ1v) is 6.80. The van der Waals surface area contributed by atoms with E-state index in [1.807, 2.05) is 26.2 Å². The number of hydrogen-bond donors (Lipinski definition) is 1. The summed E-state index contributed by atoms with van der Waals surface area (Å²) in [6, 6.07) is 10.9.